The zero-order valence-corrected chi connectivity index (χ0v) is 11.3. The highest BCUT2D eigenvalue weighted by atomic mass is 32.1. The van der Waals surface area contributed by atoms with Crippen LogP contribution >= 0.6 is 11.3 Å². The lowest BCUT2D eigenvalue weighted by Gasteiger charge is -2.35. The van der Waals surface area contributed by atoms with Gasteiger partial charge in [-0.05, 0) is 41.8 Å². The van der Waals surface area contributed by atoms with Crippen LogP contribution in [-0.2, 0) is 11.2 Å². The first-order valence-electron chi connectivity index (χ1n) is 6.40. The van der Waals surface area contributed by atoms with E-state index in [1.54, 1.807) is 11.3 Å². The minimum absolute atomic E-state index is 0.115. The minimum atomic E-state index is 0.115. The molecular formula is C13H22N2OS. The summed E-state index contributed by atoms with van der Waals surface area (Å²) in [6, 6.07) is 2.27. The van der Waals surface area contributed by atoms with Crippen LogP contribution in [0.15, 0.2) is 16.8 Å². The van der Waals surface area contributed by atoms with E-state index in [0.29, 0.717) is 0 Å². The Labute approximate surface area is 108 Å². The van der Waals surface area contributed by atoms with Crippen LogP contribution in [0.2, 0.25) is 0 Å². The summed E-state index contributed by atoms with van der Waals surface area (Å²) in [7, 11) is 0. The molecule has 1 aliphatic rings. The summed E-state index contributed by atoms with van der Waals surface area (Å²) in [5.41, 5.74) is 7.58. The van der Waals surface area contributed by atoms with Crippen molar-refractivity contribution >= 4 is 11.3 Å². The van der Waals surface area contributed by atoms with Gasteiger partial charge in [0.05, 0.1) is 12.7 Å². The Balaban J connectivity index is 1.84. The molecular weight excluding hydrogens is 232 g/mol. The summed E-state index contributed by atoms with van der Waals surface area (Å²) in [5, 5.41) is 4.28. The standard InChI is InChI=1S/C13H22N2OS/c1-2-4-15-5-6-16-13(9-15)12(14)8-11-3-7-17-10-11/h3,7,10,12-13H,2,4-6,8-9,14H2,1H3. The molecule has 0 aliphatic carbocycles. The monoisotopic (exact) mass is 254 g/mol. The third-order valence-electron chi connectivity index (χ3n) is 3.25. The van der Waals surface area contributed by atoms with Gasteiger partial charge in [-0.25, -0.2) is 0 Å². The molecule has 0 amide bonds. The lowest BCUT2D eigenvalue weighted by Crippen LogP contribution is -2.51. The van der Waals surface area contributed by atoms with Crippen molar-refractivity contribution in [3.63, 3.8) is 0 Å². The Kier molecular flexibility index (Phi) is 4.98. The topological polar surface area (TPSA) is 38.5 Å². The number of nitrogens with zero attached hydrogens (tertiary/aromatic N) is 1. The Morgan fingerprint density at radius 2 is 2.53 bits per heavy atom. The number of thiophene rings is 1. The molecule has 1 aliphatic heterocycles. The molecule has 0 radical (unpaired) electrons. The second-order valence-corrected chi connectivity index (χ2v) is 5.49. The van der Waals surface area contributed by atoms with Gasteiger partial charge in [0.15, 0.2) is 0 Å². The highest BCUT2D eigenvalue weighted by Gasteiger charge is 2.25. The number of nitrogens with two attached hydrogens (primary N) is 1. The van der Waals surface area contributed by atoms with Gasteiger partial charge in [-0.2, -0.15) is 11.3 Å². The van der Waals surface area contributed by atoms with Crippen molar-refractivity contribution in [2.45, 2.75) is 31.9 Å². The number of morpholine rings is 1. The van der Waals surface area contributed by atoms with E-state index in [1.807, 2.05) is 0 Å². The molecule has 2 N–H and O–H groups in total. The van der Waals surface area contributed by atoms with Crippen molar-refractivity contribution in [2.24, 2.45) is 5.73 Å². The van der Waals surface area contributed by atoms with E-state index in [4.69, 9.17) is 10.5 Å². The summed E-state index contributed by atoms with van der Waals surface area (Å²) < 4.78 is 5.80. The van der Waals surface area contributed by atoms with Gasteiger partial charge in [0.25, 0.3) is 0 Å². The van der Waals surface area contributed by atoms with Gasteiger partial charge in [0.1, 0.15) is 0 Å². The average Bonchev–Trinajstić information content (AvgIpc) is 2.83. The van der Waals surface area contributed by atoms with Crippen LogP contribution in [0, 0.1) is 0 Å². The first-order valence-corrected chi connectivity index (χ1v) is 7.34. The first kappa shape index (κ1) is 13.0. The van der Waals surface area contributed by atoms with Gasteiger partial charge in [-0.3, -0.25) is 4.90 Å². The first-order chi connectivity index (χ1) is 8.29. The predicted octanol–water partition coefficient (Wildman–Crippen LogP) is 1.73. The van der Waals surface area contributed by atoms with Gasteiger partial charge >= 0.3 is 0 Å². The van der Waals surface area contributed by atoms with E-state index in [9.17, 15) is 0 Å². The predicted molar refractivity (Wildman–Crippen MR) is 72.5 cm³/mol. The molecule has 1 fully saturated rings. The molecule has 0 aromatic carbocycles. The summed E-state index contributed by atoms with van der Waals surface area (Å²) in [6.07, 6.45) is 2.32. The fraction of sp³-hybridized carbons (Fsp3) is 0.692. The largest absolute Gasteiger partial charge is 0.374 e. The SMILES string of the molecule is CCCN1CCOC(C(N)Cc2ccsc2)C1. The zero-order chi connectivity index (χ0) is 12.1. The Hall–Kier alpha value is -0.420. The smallest absolute Gasteiger partial charge is 0.0856 e. The Morgan fingerprint density at radius 1 is 1.65 bits per heavy atom. The molecule has 2 rings (SSSR count). The van der Waals surface area contributed by atoms with Crippen LogP contribution in [-0.4, -0.2) is 43.3 Å². The third-order valence-corrected chi connectivity index (χ3v) is 3.98. The quantitative estimate of drug-likeness (QED) is 0.869. The summed E-state index contributed by atoms with van der Waals surface area (Å²) in [4.78, 5) is 2.46. The molecule has 1 aromatic heterocycles. The maximum atomic E-state index is 6.25. The molecule has 2 atom stereocenters. The molecule has 1 saturated heterocycles. The lowest BCUT2D eigenvalue weighted by atomic mass is 10.0. The number of hydrogen-bond acceptors (Lipinski definition) is 4. The van der Waals surface area contributed by atoms with Gasteiger partial charge in [0, 0.05) is 19.1 Å². The normalized spacial score (nSPS) is 23.8. The summed E-state index contributed by atoms with van der Waals surface area (Å²) in [5.74, 6) is 0. The Morgan fingerprint density at radius 3 is 3.24 bits per heavy atom. The zero-order valence-electron chi connectivity index (χ0n) is 10.5. The van der Waals surface area contributed by atoms with Gasteiger partial charge in [-0.1, -0.05) is 6.92 Å². The fourth-order valence-corrected chi connectivity index (χ4v) is 3.00. The van der Waals surface area contributed by atoms with Crippen molar-refractivity contribution in [1.82, 2.24) is 4.90 Å². The highest BCUT2D eigenvalue weighted by Crippen LogP contribution is 2.14. The van der Waals surface area contributed by atoms with Gasteiger partial charge in [-0.15, -0.1) is 0 Å². The van der Waals surface area contributed by atoms with Gasteiger partial charge in [0.2, 0.25) is 0 Å². The Bertz CT molecular complexity index is 313. The van der Waals surface area contributed by atoms with Crippen molar-refractivity contribution in [1.29, 1.82) is 0 Å². The third kappa shape index (κ3) is 3.78. The molecule has 0 spiro atoms. The molecule has 2 unspecified atom stereocenters. The second-order valence-electron chi connectivity index (χ2n) is 4.71. The minimum Gasteiger partial charge on any atom is -0.374 e. The molecule has 17 heavy (non-hydrogen) atoms. The summed E-state index contributed by atoms with van der Waals surface area (Å²) in [6.45, 7) is 6.23. The van der Waals surface area contributed by atoms with E-state index in [0.717, 1.165) is 32.7 Å². The fourth-order valence-electron chi connectivity index (χ4n) is 2.32. The van der Waals surface area contributed by atoms with E-state index < -0.39 is 0 Å². The molecule has 2 heterocycles. The average molecular weight is 254 g/mol. The van der Waals surface area contributed by atoms with Gasteiger partial charge < -0.3 is 10.5 Å². The summed E-state index contributed by atoms with van der Waals surface area (Å²) >= 11 is 1.73. The highest BCUT2D eigenvalue weighted by molar-refractivity contribution is 7.07. The molecule has 4 heteroatoms. The van der Waals surface area contributed by atoms with Crippen molar-refractivity contribution in [2.75, 3.05) is 26.2 Å². The van der Waals surface area contributed by atoms with Crippen LogP contribution in [0.5, 0.6) is 0 Å². The van der Waals surface area contributed by atoms with E-state index in [1.165, 1.54) is 12.0 Å². The van der Waals surface area contributed by atoms with Crippen LogP contribution < -0.4 is 5.73 Å². The number of ether oxygens (including phenoxy) is 1. The van der Waals surface area contributed by atoms with Crippen LogP contribution in [0.25, 0.3) is 0 Å². The maximum absolute atomic E-state index is 6.25. The van der Waals surface area contributed by atoms with Crippen molar-refractivity contribution in [3.05, 3.63) is 22.4 Å². The van der Waals surface area contributed by atoms with Crippen LogP contribution in [0.1, 0.15) is 18.9 Å². The van der Waals surface area contributed by atoms with E-state index >= 15 is 0 Å². The van der Waals surface area contributed by atoms with E-state index in [-0.39, 0.29) is 12.1 Å². The maximum Gasteiger partial charge on any atom is 0.0856 e. The molecule has 0 bridgehead atoms. The molecule has 3 nitrogen and oxygen atoms in total. The van der Waals surface area contributed by atoms with E-state index in [2.05, 4.69) is 28.7 Å². The molecule has 96 valence electrons. The number of rotatable bonds is 5. The van der Waals surface area contributed by atoms with Crippen LogP contribution in [0.3, 0.4) is 0 Å². The molecule has 1 aromatic rings. The van der Waals surface area contributed by atoms with Crippen LogP contribution in [0.4, 0.5) is 0 Å². The number of hydrogen-bond donors (Lipinski definition) is 1. The second kappa shape index (κ2) is 6.50. The van der Waals surface area contributed by atoms with Crippen molar-refractivity contribution < 1.29 is 4.74 Å². The molecule has 0 saturated carbocycles. The lowest BCUT2D eigenvalue weighted by molar-refractivity contribution is -0.0400. The van der Waals surface area contributed by atoms with Crippen molar-refractivity contribution in [3.8, 4) is 0 Å².